The molecule has 80 heavy (non-hydrogen) atoms. The zero-order valence-electron chi connectivity index (χ0n) is 53.3. The Labute approximate surface area is 497 Å². The molecule has 0 saturated heterocycles. The van der Waals surface area contributed by atoms with E-state index in [0.717, 1.165) is 103 Å². The first kappa shape index (κ1) is 76.9. The minimum absolute atomic E-state index is 0.0887. The predicted molar refractivity (Wildman–Crippen MR) is 348 cm³/mol. The van der Waals surface area contributed by atoms with Crippen LogP contribution in [0.25, 0.3) is 0 Å². The molecule has 0 aliphatic carbocycles. The maximum absolute atomic E-state index is 12.9. The van der Waals surface area contributed by atoms with Gasteiger partial charge < -0.3 is 14.2 Å². The van der Waals surface area contributed by atoms with Crippen LogP contribution in [0.4, 0.5) is 0 Å². The summed E-state index contributed by atoms with van der Waals surface area (Å²) in [5, 5.41) is 0. The maximum atomic E-state index is 12.9. The smallest absolute Gasteiger partial charge is 0.306 e. The summed E-state index contributed by atoms with van der Waals surface area (Å²) >= 11 is 0. The lowest BCUT2D eigenvalue weighted by Crippen LogP contribution is -2.30. The molecule has 0 aromatic rings. The quantitative estimate of drug-likeness (QED) is 0.0261. The van der Waals surface area contributed by atoms with Crippen LogP contribution in [0.2, 0.25) is 0 Å². The van der Waals surface area contributed by atoms with Gasteiger partial charge in [0.1, 0.15) is 13.2 Å². The number of hydrogen-bond donors (Lipinski definition) is 0. The molecule has 0 aliphatic rings. The van der Waals surface area contributed by atoms with Gasteiger partial charge >= 0.3 is 17.9 Å². The Balaban J connectivity index is 4.18. The Morgan fingerprint density at radius 2 is 0.487 bits per heavy atom. The summed E-state index contributed by atoms with van der Waals surface area (Å²) in [4.78, 5) is 38.3. The molecule has 0 radical (unpaired) electrons. The maximum Gasteiger partial charge on any atom is 0.306 e. The number of hydrogen-bond acceptors (Lipinski definition) is 6. The van der Waals surface area contributed by atoms with Crippen molar-refractivity contribution in [3.05, 3.63) is 72.9 Å². The fourth-order valence-electron chi connectivity index (χ4n) is 10.2. The van der Waals surface area contributed by atoms with Crippen LogP contribution < -0.4 is 0 Å². The molecule has 0 rings (SSSR count). The topological polar surface area (TPSA) is 78.9 Å². The molecule has 464 valence electrons. The molecule has 0 bridgehead atoms. The third kappa shape index (κ3) is 65.7. The van der Waals surface area contributed by atoms with Gasteiger partial charge in [-0.05, 0) is 89.9 Å². The van der Waals surface area contributed by atoms with Crippen molar-refractivity contribution in [2.45, 2.75) is 367 Å². The third-order valence-electron chi connectivity index (χ3n) is 15.4. The van der Waals surface area contributed by atoms with Gasteiger partial charge in [0.15, 0.2) is 6.10 Å². The van der Waals surface area contributed by atoms with Crippen LogP contribution in [-0.2, 0) is 28.6 Å². The normalized spacial score (nSPS) is 12.5. The number of carbonyl (C=O) groups excluding carboxylic acids is 3. The molecule has 0 fully saturated rings. The van der Waals surface area contributed by atoms with Gasteiger partial charge in [-0.3, -0.25) is 14.4 Å². The van der Waals surface area contributed by atoms with Gasteiger partial charge in [-0.25, -0.2) is 0 Å². The van der Waals surface area contributed by atoms with E-state index in [1.807, 2.05) is 0 Å². The zero-order chi connectivity index (χ0) is 57.8. The highest BCUT2D eigenvalue weighted by Gasteiger charge is 2.19. The fraction of sp³-hybridized carbons (Fsp3) is 0.797. The van der Waals surface area contributed by atoms with Crippen LogP contribution in [0.1, 0.15) is 361 Å². The Morgan fingerprint density at radius 3 is 0.812 bits per heavy atom. The van der Waals surface area contributed by atoms with E-state index in [9.17, 15) is 14.4 Å². The molecule has 6 nitrogen and oxygen atoms in total. The van der Waals surface area contributed by atoms with Crippen molar-refractivity contribution < 1.29 is 28.6 Å². The summed E-state index contributed by atoms with van der Waals surface area (Å²) in [6.45, 7) is 6.52. The number of carbonyl (C=O) groups is 3. The molecule has 0 saturated carbocycles. The van der Waals surface area contributed by atoms with E-state index < -0.39 is 6.10 Å². The largest absolute Gasteiger partial charge is 0.462 e. The average Bonchev–Trinajstić information content (AvgIpc) is 3.46. The van der Waals surface area contributed by atoms with Gasteiger partial charge in [0.2, 0.25) is 0 Å². The Kier molecular flexibility index (Phi) is 65.7. The molecule has 0 amide bonds. The van der Waals surface area contributed by atoms with Crippen LogP contribution in [0.5, 0.6) is 0 Å². The lowest BCUT2D eigenvalue weighted by atomic mass is 10.0. The van der Waals surface area contributed by atoms with E-state index in [-0.39, 0.29) is 31.1 Å². The second kappa shape index (κ2) is 68.3. The Bertz CT molecular complexity index is 1470. The van der Waals surface area contributed by atoms with Crippen LogP contribution >= 0.6 is 0 Å². The Morgan fingerprint density at radius 1 is 0.263 bits per heavy atom. The van der Waals surface area contributed by atoms with E-state index in [1.165, 1.54) is 218 Å². The fourth-order valence-corrected chi connectivity index (χ4v) is 10.2. The molecule has 0 aromatic heterocycles. The van der Waals surface area contributed by atoms with Crippen LogP contribution in [0.15, 0.2) is 72.9 Å². The van der Waals surface area contributed by atoms with Gasteiger partial charge in [-0.2, -0.15) is 0 Å². The average molecular weight is 1120 g/mol. The highest BCUT2D eigenvalue weighted by molar-refractivity contribution is 5.71. The summed E-state index contributed by atoms with van der Waals surface area (Å²) in [6.07, 6.45) is 89.5. The van der Waals surface area contributed by atoms with Crippen molar-refractivity contribution in [3.63, 3.8) is 0 Å². The molecular formula is C74H132O6. The highest BCUT2D eigenvalue weighted by Crippen LogP contribution is 2.18. The van der Waals surface area contributed by atoms with E-state index >= 15 is 0 Å². The summed E-state index contributed by atoms with van der Waals surface area (Å²) in [5.74, 6) is -0.914. The first-order valence-electron chi connectivity index (χ1n) is 34.9. The molecule has 0 spiro atoms. The van der Waals surface area contributed by atoms with Gasteiger partial charge in [-0.1, -0.05) is 325 Å². The van der Waals surface area contributed by atoms with Crippen molar-refractivity contribution in [3.8, 4) is 0 Å². The summed E-state index contributed by atoms with van der Waals surface area (Å²) in [5.41, 5.74) is 0. The number of allylic oxidation sites excluding steroid dienone is 12. The number of esters is 3. The first-order valence-corrected chi connectivity index (χ1v) is 34.9. The molecule has 1 atom stereocenters. The molecular weight excluding hydrogens is 985 g/mol. The predicted octanol–water partition coefficient (Wildman–Crippen LogP) is 24.1. The lowest BCUT2D eigenvalue weighted by Gasteiger charge is -2.18. The number of rotatable bonds is 64. The zero-order valence-corrected chi connectivity index (χ0v) is 53.3. The monoisotopic (exact) mass is 1120 g/mol. The Hall–Kier alpha value is -3.15. The molecule has 6 heteroatoms. The van der Waals surface area contributed by atoms with E-state index in [0.29, 0.717) is 19.3 Å². The number of unbranched alkanes of at least 4 members (excludes halogenated alkanes) is 41. The molecule has 0 N–H and O–H groups in total. The van der Waals surface area contributed by atoms with Crippen molar-refractivity contribution in [2.75, 3.05) is 13.2 Å². The minimum atomic E-state index is -0.796. The summed E-state index contributed by atoms with van der Waals surface area (Å²) in [7, 11) is 0. The van der Waals surface area contributed by atoms with Gasteiger partial charge in [0, 0.05) is 19.3 Å². The second-order valence-electron chi connectivity index (χ2n) is 23.4. The molecule has 1 unspecified atom stereocenters. The summed E-state index contributed by atoms with van der Waals surface area (Å²) < 4.78 is 16.9. The van der Waals surface area contributed by atoms with Crippen molar-refractivity contribution in [1.29, 1.82) is 0 Å². The highest BCUT2D eigenvalue weighted by atomic mass is 16.6. The lowest BCUT2D eigenvalue weighted by molar-refractivity contribution is -0.167. The van der Waals surface area contributed by atoms with Gasteiger partial charge in [0.25, 0.3) is 0 Å². The third-order valence-corrected chi connectivity index (χ3v) is 15.4. The van der Waals surface area contributed by atoms with E-state index in [1.54, 1.807) is 0 Å². The van der Waals surface area contributed by atoms with Crippen molar-refractivity contribution in [2.24, 2.45) is 0 Å². The van der Waals surface area contributed by atoms with Crippen molar-refractivity contribution >= 4 is 17.9 Å². The second-order valence-corrected chi connectivity index (χ2v) is 23.4. The molecule has 0 aliphatic heterocycles. The van der Waals surface area contributed by atoms with Crippen LogP contribution in [0, 0.1) is 0 Å². The first-order chi connectivity index (χ1) is 39.5. The minimum Gasteiger partial charge on any atom is -0.462 e. The molecule has 0 heterocycles. The van der Waals surface area contributed by atoms with Crippen LogP contribution in [-0.4, -0.2) is 37.2 Å². The van der Waals surface area contributed by atoms with Gasteiger partial charge in [-0.15, -0.1) is 0 Å². The molecule has 0 aromatic carbocycles. The number of ether oxygens (including phenoxy) is 3. The van der Waals surface area contributed by atoms with Crippen LogP contribution in [0.3, 0.4) is 0 Å². The van der Waals surface area contributed by atoms with Crippen molar-refractivity contribution in [1.82, 2.24) is 0 Å². The van der Waals surface area contributed by atoms with Gasteiger partial charge in [0.05, 0.1) is 0 Å². The SMILES string of the molecule is CC/C=C\C/C=C\C/C=C\C/C=C\C/C=C\CCCCCC(=O)OC(COC(=O)CCCCCCC/C=C\CCCCC)COC(=O)CCCCCCCCCCCCCCCCCCCCCCCCCCCCCCCCC. The van der Waals surface area contributed by atoms with E-state index in [4.69, 9.17) is 14.2 Å². The summed E-state index contributed by atoms with van der Waals surface area (Å²) in [6, 6.07) is 0. The standard InChI is InChI=1S/C74H132O6/c1-4-7-10-13-16-19-22-25-27-29-31-32-33-34-35-36-37-38-39-40-41-42-44-45-47-49-52-55-58-61-64-67-73(76)79-70-71(69-78-72(75)66-63-60-57-54-51-24-21-18-15-12-9-6-3)80-74(77)68-65-62-59-56-53-50-48-46-43-30-28-26-23-20-17-14-11-8-5-2/h8,11,17-18,20-21,26,28,43,46,50,53,71H,4-7,9-10,12-16,19,22-25,27,29-42,44-45,47-49,51-52,54-70H2,1-3H3/b11-8-,20-17-,21-18-,28-26-,46-43-,53-50-. The van der Waals surface area contributed by atoms with E-state index in [2.05, 4.69) is 93.7 Å².